The molecule has 0 fully saturated rings. The second-order valence-electron chi connectivity index (χ2n) is 5.92. The number of amides is 1. The van der Waals surface area contributed by atoms with E-state index in [9.17, 15) is 4.79 Å². The molecule has 4 heteroatoms. The monoisotopic (exact) mass is 319 g/mol. The van der Waals surface area contributed by atoms with Gasteiger partial charge in [0.05, 0.1) is 12.1 Å². The lowest BCUT2D eigenvalue weighted by Crippen LogP contribution is -2.25. The molecule has 0 aliphatic heterocycles. The molecule has 0 saturated heterocycles. The van der Waals surface area contributed by atoms with Crippen molar-refractivity contribution in [1.82, 2.24) is 14.9 Å². The summed E-state index contributed by atoms with van der Waals surface area (Å²) >= 11 is 0. The fourth-order valence-electron chi connectivity index (χ4n) is 2.79. The minimum absolute atomic E-state index is 0.0257. The van der Waals surface area contributed by atoms with E-state index in [2.05, 4.69) is 10.3 Å². The summed E-state index contributed by atoms with van der Waals surface area (Å²) in [6, 6.07) is 16.1. The van der Waals surface area contributed by atoms with Crippen LogP contribution in [0, 0.1) is 13.8 Å². The quantitative estimate of drug-likeness (QED) is 0.784. The van der Waals surface area contributed by atoms with Gasteiger partial charge in [0.1, 0.15) is 5.82 Å². The van der Waals surface area contributed by atoms with Crippen LogP contribution in [0.25, 0.3) is 5.69 Å². The highest BCUT2D eigenvalue weighted by atomic mass is 16.1. The smallest absolute Gasteiger partial charge is 0.224 e. The van der Waals surface area contributed by atoms with E-state index in [-0.39, 0.29) is 5.91 Å². The third-order valence-corrected chi connectivity index (χ3v) is 4.00. The van der Waals surface area contributed by atoms with Crippen molar-refractivity contribution in [3.05, 3.63) is 83.4 Å². The van der Waals surface area contributed by atoms with E-state index in [0.29, 0.717) is 13.0 Å². The molecule has 0 spiro atoms. The Morgan fingerprint density at radius 3 is 2.71 bits per heavy atom. The molecule has 0 atom stereocenters. The zero-order valence-corrected chi connectivity index (χ0v) is 14.0. The number of nitrogens with zero attached hydrogens (tertiary/aromatic N) is 2. The second-order valence-corrected chi connectivity index (χ2v) is 5.92. The molecule has 0 radical (unpaired) electrons. The van der Waals surface area contributed by atoms with E-state index in [4.69, 9.17) is 0 Å². The number of imidazole rings is 1. The van der Waals surface area contributed by atoms with Crippen molar-refractivity contribution in [2.24, 2.45) is 0 Å². The zero-order valence-electron chi connectivity index (χ0n) is 14.0. The number of nitrogens with one attached hydrogen (secondary N) is 1. The molecular weight excluding hydrogens is 298 g/mol. The van der Waals surface area contributed by atoms with E-state index in [1.165, 1.54) is 5.56 Å². The van der Waals surface area contributed by atoms with Gasteiger partial charge in [-0.1, -0.05) is 48.0 Å². The average Bonchev–Trinajstić information content (AvgIpc) is 2.99. The van der Waals surface area contributed by atoms with Crippen LogP contribution in [0.4, 0.5) is 0 Å². The van der Waals surface area contributed by atoms with Crippen LogP contribution in [0.3, 0.4) is 0 Å². The van der Waals surface area contributed by atoms with Crippen LogP contribution in [0.15, 0.2) is 60.9 Å². The van der Waals surface area contributed by atoms with Gasteiger partial charge in [0, 0.05) is 18.9 Å². The van der Waals surface area contributed by atoms with Gasteiger partial charge in [-0.25, -0.2) is 4.98 Å². The highest BCUT2D eigenvalue weighted by molar-refractivity contribution is 5.78. The molecule has 4 nitrogen and oxygen atoms in total. The van der Waals surface area contributed by atoms with Gasteiger partial charge in [-0.05, 0) is 31.0 Å². The van der Waals surface area contributed by atoms with E-state index in [1.54, 1.807) is 6.20 Å². The molecule has 0 saturated carbocycles. The predicted octanol–water partition coefficient (Wildman–Crippen LogP) is 3.35. The summed E-state index contributed by atoms with van der Waals surface area (Å²) < 4.78 is 2.03. The normalized spacial score (nSPS) is 10.6. The van der Waals surface area contributed by atoms with Gasteiger partial charge in [0.2, 0.25) is 5.91 Å². The number of rotatable bonds is 5. The fraction of sp³-hybridized carbons (Fsp3) is 0.200. The molecule has 3 rings (SSSR count). The summed E-state index contributed by atoms with van der Waals surface area (Å²) in [4.78, 5) is 16.5. The largest absolute Gasteiger partial charge is 0.352 e. The Morgan fingerprint density at radius 2 is 1.96 bits per heavy atom. The maximum atomic E-state index is 12.2. The first kappa shape index (κ1) is 16.0. The molecule has 1 aromatic heterocycles. The number of hydrogen-bond donors (Lipinski definition) is 1. The molecule has 3 aromatic rings. The second kappa shape index (κ2) is 7.13. The number of benzene rings is 2. The topological polar surface area (TPSA) is 46.9 Å². The Labute approximate surface area is 142 Å². The number of hydrogen-bond acceptors (Lipinski definition) is 2. The highest BCUT2D eigenvalue weighted by Gasteiger charge is 2.08. The minimum atomic E-state index is 0.0257. The number of carbonyl (C=O) groups is 1. The average molecular weight is 319 g/mol. The van der Waals surface area contributed by atoms with E-state index < -0.39 is 0 Å². The molecule has 0 unspecified atom stereocenters. The molecule has 2 aromatic carbocycles. The molecule has 1 N–H and O–H groups in total. The number of carbonyl (C=O) groups excluding carboxylic acids is 1. The molecule has 0 bridgehead atoms. The van der Waals surface area contributed by atoms with Crippen LogP contribution in [0.2, 0.25) is 0 Å². The Hall–Kier alpha value is -2.88. The van der Waals surface area contributed by atoms with Gasteiger partial charge >= 0.3 is 0 Å². The lowest BCUT2D eigenvalue weighted by Gasteiger charge is -2.13. The van der Waals surface area contributed by atoms with Gasteiger partial charge in [-0.3, -0.25) is 4.79 Å². The predicted molar refractivity (Wildman–Crippen MR) is 95.0 cm³/mol. The van der Waals surface area contributed by atoms with Crippen molar-refractivity contribution in [2.45, 2.75) is 26.8 Å². The van der Waals surface area contributed by atoms with Crippen LogP contribution < -0.4 is 5.32 Å². The summed E-state index contributed by atoms with van der Waals surface area (Å²) in [5, 5.41) is 3.02. The number of aromatic nitrogens is 2. The first-order valence-corrected chi connectivity index (χ1v) is 8.04. The molecular formula is C20H21N3O. The lowest BCUT2D eigenvalue weighted by atomic mass is 10.1. The molecule has 1 amide bonds. The van der Waals surface area contributed by atoms with Gasteiger partial charge in [0.25, 0.3) is 0 Å². The number of aryl methyl sites for hydroxylation is 2. The summed E-state index contributed by atoms with van der Waals surface area (Å²) in [5.74, 6) is 0.950. The molecule has 0 aliphatic rings. The fourth-order valence-corrected chi connectivity index (χ4v) is 2.79. The van der Waals surface area contributed by atoms with Gasteiger partial charge in [0.15, 0.2) is 0 Å². The van der Waals surface area contributed by atoms with Gasteiger partial charge < -0.3 is 9.88 Å². The Kier molecular flexibility index (Phi) is 4.75. The van der Waals surface area contributed by atoms with Crippen molar-refractivity contribution < 1.29 is 4.79 Å². The van der Waals surface area contributed by atoms with Crippen LogP contribution in [0.5, 0.6) is 0 Å². The zero-order chi connectivity index (χ0) is 16.9. The van der Waals surface area contributed by atoms with Crippen molar-refractivity contribution in [1.29, 1.82) is 0 Å². The Balaban J connectivity index is 1.69. The van der Waals surface area contributed by atoms with Crippen LogP contribution in [0.1, 0.15) is 22.5 Å². The van der Waals surface area contributed by atoms with Crippen molar-refractivity contribution in [2.75, 3.05) is 0 Å². The Bertz CT molecular complexity index is 851. The van der Waals surface area contributed by atoms with Crippen LogP contribution in [-0.2, 0) is 17.8 Å². The van der Waals surface area contributed by atoms with Crippen LogP contribution >= 0.6 is 0 Å². The molecule has 24 heavy (non-hydrogen) atoms. The third kappa shape index (κ3) is 3.71. The van der Waals surface area contributed by atoms with Gasteiger partial charge in [-0.15, -0.1) is 0 Å². The van der Waals surface area contributed by atoms with Crippen molar-refractivity contribution in [3.63, 3.8) is 0 Å². The standard InChI is InChI=1S/C20H21N3O/c1-15-6-5-7-17(12-15)13-20(24)22-14-18-8-3-4-9-19(18)23-11-10-21-16(23)2/h3-12H,13-14H2,1-2H3,(H,22,24). The van der Waals surface area contributed by atoms with E-state index in [0.717, 1.165) is 22.6 Å². The van der Waals surface area contributed by atoms with Crippen molar-refractivity contribution >= 4 is 5.91 Å². The highest BCUT2D eigenvalue weighted by Crippen LogP contribution is 2.16. The third-order valence-electron chi connectivity index (χ3n) is 4.00. The first-order valence-electron chi connectivity index (χ1n) is 8.04. The SMILES string of the molecule is Cc1cccc(CC(=O)NCc2ccccc2-n2ccnc2C)c1. The van der Waals surface area contributed by atoms with E-state index >= 15 is 0 Å². The van der Waals surface area contributed by atoms with E-state index in [1.807, 2.05) is 73.1 Å². The molecule has 0 aliphatic carbocycles. The first-order chi connectivity index (χ1) is 11.6. The lowest BCUT2D eigenvalue weighted by molar-refractivity contribution is -0.120. The summed E-state index contributed by atoms with van der Waals surface area (Å²) in [6.07, 6.45) is 4.11. The Morgan fingerprint density at radius 1 is 1.12 bits per heavy atom. The summed E-state index contributed by atoms with van der Waals surface area (Å²) in [5.41, 5.74) is 4.31. The minimum Gasteiger partial charge on any atom is -0.352 e. The molecule has 122 valence electrons. The van der Waals surface area contributed by atoms with Crippen molar-refractivity contribution in [3.8, 4) is 5.69 Å². The number of para-hydroxylation sites is 1. The maximum absolute atomic E-state index is 12.2. The summed E-state index contributed by atoms with van der Waals surface area (Å²) in [7, 11) is 0. The maximum Gasteiger partial charge on any atom is 0.224 e. The molecule has 1 heterocycles. The van der Waals surface area contributed by atoms with Crippen LogP contribution in [-0.4, -0.2) is 15.5 Å². The summed E-state index contributed by atoms with van der Waals surface area (Å²) in [6.45, 7) is 4.50. The van der Waals surface area contributed by atoms with Gasteiger partial charge in [-0.2, -0.15) is 0 Å².